The van der Waals surface area contributed by atoms with Crippen molar-refractivity contribution >= 4 is 21.9 Å². The molecule has 0 unspecified atom stereocenters. The highest BCUT2D eigenvalue weighted by Gasteiger charge is 2.38. The molecule has 2 fully saturated rings. The van der Waals surface area contributed by atoms with E-state index in [2.05, 4.69) is 24.9 Å². The Bertz CT molecular complexity index is 1360. The maximum Gasteiger partial charge on any atom is 0.243 e. The Balaban J connectivity index is 1.51. The van der Waals surface area contributed by atoms with Crippen LogP contribution in [0.4, 0.5) is 16.3 Å². The number of para-hydroxylation sites is 1. The smallest absolute Gasteiger partial charge is 0.243 e. The fourth-order valence-electron chi connectivity index (χ4n) is 4.72. The van der Waals surface area contributed by atoms with Crippen molar-refractivity contribution in [1.29, 1.82) is 0 Å². The molecule has 4 heterocycles. The third-order valence-corrected chi connectivity index (χ3v) is 8.17. The molecule has 0 spiro atoms. The molecule has 0 radical (unpaired) electrons. The molecule has 2 aromatic heterocycles. The van der Waals surface area contributed by atoms with E-state index in [0.717, 1.165) is 18.8 Å². The summed E-state index contributed by atoms with van der Waals surface area (Å²) in [5, 5.41) is 17.8. The van der Waals surface area contributed by atoms with Crippen molar-refractivity contribution in [3.05, 3.63) is 42.2 Å². The summed E-state index contributed by atoms with van der Waals surface area (Å²) in [6, 6.07) is 5.18. The van der Waals surface area contributed by atoms with Gasteiger partial charge in [-0.15, -0.1) is 10.2 Å². The Morgan fingerprint density at radius 1 is 1.13 bits per heavy atom. The largest absolute Gasteiger partial charge is 0.494 e. The molecular formula is C23H28FN7O6S. The minimum atomic E-state index is -4.13. The standard InChI is InChI=1S/C23H28FN7O6S/c1-35-17-5-3-6-18(36-2)20(17)31-21(19-7-4-8-37-19)27-28-23(31)29-38(33,34)16-9-15(32)12-30(13-16)22-25-10-14(24)11-26-22/h3,5-6,10-11,15-16,19,32H,4,7-9,12-13H2,1-2H3,(H,28,29)/t15-,16+,19+/m0/s1. The number of sulfonamides is 1. The number of hydrogen-bond acceptors (Lipinski definition) is 11. The zero-order valence-electron chi connectivity index (χ0n) is 20.8. The van der Waals surface area contributed by atoms with Crippen molar-refractivity contribution in [3.8, 4) is 17.2 Å². The number of hydrogen-bond donors (Lipinski definition) is 2. The van der Waals surface area contributed by atoms with E-state index in [1.807, 2.05) is 0 Å². The van der Waals surface area contributed by atoms with Gasteiger partial charge in [0, 0.05) is 19.7 Å². The maximum atomic E-state index is 13.6. The van der Waals surface area contributed by atoms with Crippen LogP contribution in [0.3, 0.4) is 0 Å². The highest BCUT2D eigenvalue weighted by molar-refractivity contribution is 7.93. The fourth-order valence-corrected chi connectivity index (χ4v) is 6.12. The molecule has 2 saturated heterocycles. The van der Waals surface area contributed by atoms with Crippen molar-refractivity contribution in [3.63, 3.8) is 0 Å². The molecule has 0 bridgehead atoms. The molecule has 38 heavy (non-hydrogen) atoms. The number of rotatable bonds is 8. The Hall–Kier alpha value is -3.56. The Morgan fingerprint density at radius 3 is 2.47 bits per heavy atom. The summed E-state index contributed by atoms with van der Waals surface area (Å²) in [5.74, 6) is 0.641. The Labute approximate surface area is 218 Å². The van der Waals surface area contributed by atoms with Crippen LogP contribution in [0, 0.1) is 5.82 Å². The summed E-state index contributed by atoms with van der Waals surface area (Å²) in [7, 11) is -1.14. The first kappa shape index (κ1) is 26.1. The first-order valence-corrected chi connectivity index (χ1v) is 13.6. The van der Waals surface area contributed by atoms with Crippen molar-refractivity contribution in [2.24, 2.45) is 0 Å². The molecule has 3 aromatic rings. The summed E-state index contributed by atoms with van der Waals surface area (Å²) in [6.07, 6.45) is 2.07. The molecule has 2 N–H and O–H groups in total. The number of aliphatic hydroxyl groups is 1. The van der Waals surface area contributed by atoms with Gasteiger partial charge in [0.05, 0.1) is 32.7 Å². The van der Waals surface area contributed by atoms with E-state index in [4.69, 9.17) is 14.2 Å². The van der Waals surface area contributed by atoms with Crippen LogP contribution in [0.5, 0.6) is 11.5 Å². The number of aliphatic hydroxyl groups excluding tert-OH is 1. The van der Waals surface area contributed by atoms with Crippen LogP contribution in [0.15, 0.2) is 30.6 Å². The number of piperidine rings is 1. The van der Waals surface area contributed by atoms with E-state index < -0.39 is 33.3 Å². The fraction of sp³-hybridized carbons (Fsp3) is 0.478. The summed E-state index contributed by atoms with van der Waals surface area (Å²) < 4.78 is 61.6. The minimum absolute atomic E-state index is 0.0251. The van der Waals surface area contributed by atoms with Crippen molar-refractivity contribution in [2.45, 2.75) is 36.7 Å². The number of anilines is 2. The van der Waals surface area contributed by atoms with Crippen LogP contribution in [0.1, 0.15) is 31.2 Å². The van der Waals surface area contributed by atoms with Crippen LogP contribution in [0.2, 0.25) is 0 Å². The van der Waals surface area contributed by atoms with E-state index in [1.165, 1.54) is 23.7 Å². The molecule has 0 aliphatic carbocycles. The lowest BCUT2D eigenvalue weighted by molar-refractivity contribution is 0.103. The Kier molecular flexibility index (Phi) is 7.32. The number of nitrogens with zero attached hydrogens (tertiary/aromatic N) is 6. The van der Waals surface area contributed by atoms with E-state index in [1.54, 1.807) is 18.2 Å². The van der Waals surface area contributed by atoms with Crippen LogP contribution in [-0.2, 0) is 14.8 Å². The molecule has 1 aromatic carbocycles. The number of β-amino-alcohol motifs (C(OH)–C–C–N with tert-alkyl or cyclic N) is 1. The third kappa shape index (κ3) is 5.08. The number of nitrogens with one attached hydrogen (secondary N) is 1. The monoisotopic (exact) mass is 549 g/mol. The van der Waals surface area contributed by atoms with Gasteiger partial charge in [-0.2, -0.15) is 0 Å². The quantitative estimate of drug-likeness (QED) is 0.420. The highest BCUT2D eigenvalue weighted by Crippen LogP contribution is 2.39. The van der Waals surface area contributed by atoms with Gasteiger partial charge in [0.2, 0.25) is 21.9 Å². The lowest BCUT2D eigenvalue weighted by atomic mass is 10.1. The van der Waals surface area contributed by atoms with Gasteiger partial charge < -0.3 is 24.2 Å². The van der Waals surface area contributed by atoms with Gasteiger partial charge in [-0.25, -0.2) is 22.8 Å². The molecule has 2 aliphatic heterocycles. The van der Waals surface area contributed by atoms with Crippen molar-refractivity contribution in [1.82, 2.24) is 24.7 Å². The lowest BCUT2D eigenvalue weighted by Gasteiger charge is -2.35. The lowest BCUT2D eigenvalue weighted by Crippen LogP contribution is -2.50. The average molecular weight is 550 g/mol. The average Bonchev–Trinajstić information content (AvgIpc) is 3.58. The summed E-state index contributed by atoms with van der Waals surface area (Å²) in [5.41, 5.74) is 0.413. The molecule has 0 amide bonds. The van der Waals surface area contributed by atoms with Gasteiger partial charge in [0.15, 0.2) is 11.6 Å². The zero-order chi connectivity index (χ0) is 26.9. The minimum Gasteiger partial charge on any atom is -0.494 e. The van der Waals surface area contributed by atoms with E-state index >= 15 is 0 Å². The van der Waals surface area contributed by atoms with Crippen LogP contribution < -0.4 is 19.1 Å². The first-order chi connectivity index (χ1) is 18.3. The molecule has 2 aliphatic rings. The van der Waals surface area contributed by atoms with E-state index in [0.29, 0.717) is 36.0 Å². The SMILES string of the molecule is COc1cccc(OC)c1-n1c(NS(=O)(=O)[C@@H]2C[C@H](O)CN(c3ncc(F)cn3)C2)nnc1[C@H]1CCCO1. The van der Waals surface area contributed by atoms with Gasteiger partial charge in [-0.05, 0) is 31.4 Å². The van der Waals surface area contributed by atoms with Gasteiger partial charge in [0.25, 0.3) is 0 Å². The van der Waals surface area contributed by atoms with Crippen LogP contribution >= 0.6 is 0 Å². The molecular weight excluding hydrogens is 521 g/mol. The van der Waals surface area contributed by atoms with Gasteiger partial charge in [0.1, 0.15) is 28.5 Å². The van der Waals surface area contributed by atoms with Crippen molar-refractivity contribution < 1.29 is 32.1 Å². The zero-order valence-corrected chi connectivity index (χ0v) is 21.6. The number of methoxy groups -OCH3 is 2. The number of ether oxygens (including phenoxy) is 3. The van der Waals surface area contributed by atoms with Gasteiger partial charge >= 0.3 is 0 Å². The number of aromatic nitrogens is 5. The molecule has 0 saturated carbocycles. The van der Waals surface area contributed by atoms with Gasteiger partial charge in [-0.3, -0.25) is 9.29 Å². The molecule has 13 nitrogen and oxygen atoms in total. The maximum absolute atomic E-state index is 13.6. The Morgan fingerprint density at radius 2 is 1.84 bits per heavy atom. The highest BCUT2D eigenvalue weighted by atomic mass is 32.2. The van der Waals surface area contributed by atoms with Crippen LogP contribution in [0.25, 0.3) is 5.69 Å². The summed E-state index contributed by atoms with van der Waals surface area (Å²) in [4.78, 5) is 9.35. The first-order valence-electron chi connectivity index (χ1n) is 12.0. The topological polar surface area (TPSA) is 154 Å². The normalized spacial score (nSPS) is 21.9. The van der Waals surface area contributed by atoms with Crippen molar-refractivity contribution in [2.75, 3.05) is 43.5 Å². The molecule has 5 rings (SSSR count). The van der Waals surface area contributed by atoms with Crippen LogP contribution in [-0.4, -0.2) is 83.5 Å². The third-order valence-electron chi connectivity index (χ3n) is 6.48. The second-order valence-electron chi connectivity index (χ2n) is 8.99. The summed E-state index contributed by atoms with van der Waals surface area (Å²) >= 11 is 0. The number of halogens is 1. The van der Waals surface area contributed by atoms with E-state index in [9.17, 15) is 17.9 Å². The predicted octanol–water partition coefficient (Wildman–Crippen LogP) is 1.45. The molecule has 204 valence electrons. The second kappa shape index (κ2) is 10.7. The second-order valence-corrected chi connectivity index (χ2v) is 11.0. The molecule has 3 atom stereocenters. The summed E-state index contributed by atoms with van der Waals surface area (Å²) in [6.45, 7) is 0.626. The predicted molar refractivity (Wildman–Crippen MR) is 134 cm³/mol. The van der Waals surface area contributed by atoms with E-state index in [-0.39, 0.29) is 31.4 Å². The van der Waals surface area contributed by atoms with Gasteiger partial charge in [-0.1, -0.05) is 6.07 Å². The molecule has 15 heteroatoms. The number of benzene rings is 1.